The molecule has 0 spiro atoms. The van der Waals surface area contributed by atoms with Crippen molar-refractivity contribution in [3.05, 3.63) is 42.9 Å². The number of H-pyrrole nitrogens is 1. The van der Waals surface area contributed by atoms with Crippen molar-refractivity contribution < 1.29 is 4.79 Å². The maximum atomic E-state index is 11.0. The number of carbonyl (C=O) groups is 1. The third-order valence-corrected chi connectivity index (χ3v) is 2.80. The van der Waals surface area contributed by atoms with Crippen LogP contribution in [0, 0.1) is 0 Å². The van der Waals surface area contributed by atoms with E-state index in [9.17, 15) is 4.79 Å². The second kappa shape index (κ2) is 4.53. The minimum atomic E-state index is -0.132. The summed E-state index contributed by atoms with van der Waals surface area (Å²) in [6.45, 7) is 1.46. The predicted molar refractivity (Wildman–Crippen MR) is 73.6 cm³/mol. The second-order valence-corrected chi connectivity index (χ2v) is 4.26. The van der Waals surface area contributed by atoms with E-state index in [4.69, 9.17) is 0 Å². The molecule has 19 heavy (non-hydrogen) atoms. The van der Waals surface area contributed by atoms with Gasteiger partial charge in [0.1, 0.15) is 5.82 Å². The third kappa shape index (κ3) is 2.30. The molecule has 3 heterocycles. The van der Waals surface area contributed by atoms with E-state index in [0.717, 1.165) is 22.2 Å². The fourth-order valence-corrected chi connectivity index (χ4v) is 1.96. The topological polar surface area (TPSA) is 70.7 Å². The van der Waals surface area contributed by atoms with Crippen LogP contribution in [-0.2, 0) is 4.79 Å². The fraction of sp³-hybridized carbons (Fsp3) is 0.0714. The highest BCUT2D eigenvalue weighted by atomic mass is 16.1. The van der Waals surface area contributed by atoms with Gasteiger partial charge in [-0.25, -0.2) is 4.98 Å². The van der Waals surface area contributed by atoms with Gasteiger partial charge in [0.2, 0.25) is 5.91 Å². The first-order chi connectivity index (χ1) is 9.22. The minimum Gasteiger partial charge on any atom is -0.354 e. The summed E-state index contributed by atoms with van der Waals surface area (Å²) in [6.07, 6.45) is 5.24. The van der Waals surface area contributed by atoms with E-state index in [-0.39, 0.29) is 5.91 Å². The van der Waals surface area contributed by atoms with Crippen LogP contribution in [0.25, 0.3) is 22.2 Å². The highest BCUT2D eigenvalue weighted by Crippen LogP contribution is 2.24. The first-order valence-corrected chi connectivity index (χ1v) is 5.89. The molecule has 1 amide bonds. The number of fused-ring (bicyclic) bond motifs is 1. The summed E-state index contributed by atoms with van der Waals surface area (Å²) >= 11 is 0. The summed E-state index contributed by atoms with van der Waals surface area (Å²) in [7, 11) is 0. The van der Waals surface area contributed by atoms with Crippen molar-refractivity contribution in [2.45, 2.75) is 6.92 Å². The molecule has 0 aliphatic rings. The van der Waals surface area contributed by atoms with Crippen molar-refractivity contribution in [3.8, 4) is 11.3 Å². The van der Waals surface area contributed by atoms with E-state index < -0.39 is 0 Å². The van der Waals surface area contributed by atoms with Gasteiger partial charge in [0, 0.05) is 48.2 Å². The monoisotopic (exact) mass is 252 g/mol. The fourth-order valence-electron chi connectivity index (χ4n) is 1.96. The lowest BCUT2D eigenvalue weighted by Gasteiger charge is -1.99. The Morgan fingerprint density at radius 3 is 2.79 bits per heavy atom. The van der Waals surface area contributed by atoms with E-state index in [2.05, 4.69) is 20.3 Å². The number of amides is 1. The number of carbonyl (C=O) groups excluding carboxylic acids is 1. The van der Waals surface area contributed by atoms with E-state index in [1.165, 1.54) is 6.92 Å². The van der Waals surface area contributed by atoms with E-state index in [1.54, 1.807) is 18.6 Å². The zero-order valence-electron chi connectivity index (χ0n) is 10.3. The van der Waals surface area contributed by atoms with Gasteiger partial charge >= 0.3 is 0 Å². The van der Waals surface area contributed by atoms with Gasteiger partial charge in [-0.3, -0.25) is 9.78 Å². The number of anilines is 1. The smallest absolute Gasteiger partial charge is 0.222 e. The summed E-state index contributed by atoms with van der Waals surface area (Å²) in [6, 6.07) is 7.72. The SMILES string of the molecule is CC(=O)Nc1cc2[nH]c(-c3ccncc3)cc2cn1. The summed E-state index contributed by atoms with van der Waals surface area (Å²) in [5.41, 5.74) is 3.00. The zero-order chi connectivity index (χ0) is 13.2. The number of hydrogen-bond donors (Lipinski definition) is 2. The molecule has 0 radical (unpaired) electrons. The van der Waals surface area contributed by atoms with Gasteiger partial charge in [-0.1, -0.05) is 0 Å². The average molecular weight is 252 g/mol. The van der Waals surface area contributed by atoms with E-state index in [0.29, 0.717) is 5.82 Å². The normalized spacial score (nSPS) is 10.6. The Balaban J connectivity index is 2.04. The Hall–Kier alpha value is -2.69. The van der Waals surface area contributed by atoms with E-state index >= 15 is 0 Å². The van der Waals surface area contributed by atoms with Crippen LogP contribution in [0.1, 0.15) is 6.92 Å². The Bertz CT molecular complexity index is 734. The minimum absolute atomic E-state index is 0.132. The molecule has 3 aromatic rings. The number of hydrogen-bond acceptors (Lipinski definition) is 3. The van der Waals surface area contributed by atoms with Crippen LogP contribution in [0.2, 0.25) is 0 Å². The molecule has 0 aliphatic heterocycles. The molecule has 0 saturated carbocycles. The van der Waals surface area contributed by atoms with Gasteiger partial charge in [-0.2, -0.15) is 0 Å². The van der Waals surface area contributed by atoms with Crippen molar-refractivity contribution in [2.75, 3.05) is 5.32 Å². The van der Waals surface area contributed by atoms with Gasteiger partial charge in [0.05, 0.1) is 5.52 Å². The van der Waals surface area contributed by atoms with Crippen molar-refractivity contribution in [1.82, 2.24) is 15.0 Å². The van der Waals surface area contributed by atoms with Gasteiger partial charge in [0.15, 0.2) is 0 Å². The third-order valence-electron chi connectivity index (χ3n) is 2.80. The highest BCUT2D eigenvalue weighted by molar-refractivity contribution is 5.92. The van der Waals surface area contributed by atoms with Gasteiger partial charge in [0.25, 0.3) is 0 Å². The molecule has 0 aliphatic carbocycles. The van der Waals surface area contributed by atoms with Crippen LogP contribution in [0.4, 0.5) is 5.82 Å². The Labute approximate surface area is 109 Å². The Morgan fingerprint density at radius 2 is 2.05 bits per heavy atom. The molecule has 5 nitrogen and oxygen atoms in total. The lowest BCUT2D eigenvalue weighted by Crippen LogP contribution is -2.06. The van der Waals surface area contributed by atoms with Crippen LogP contribution < -0.4 is 5.32 Å². The molecular weight excluding hydrogens is 240 g/mol. The zero-order valence-corrected chi connectivity index (χ0v) is 10.3. The number of nitrogens with zero attached hydrogens (tertiary/aromatic N) is 2. The number of aromatic amines is 1. The van der Waals surface area contributed by atoms with Crippen LogP contribution in [-0.4, -0.2) is 20.9 Å². The highest BCUT2D eigenvalue weighted by Gasteiger charge is 2.05. The Morgan fingerprint density at radius 1 is 1.26 bits per heavy atom. The number of pyridine rings is 2. The lowest BCUT2D eigenvalue weighted by atomic mass is 10.2. The molecule has 0 atom stereocenters. The first kappa shape index (κ1) is 11.4. The standard InChI is InChI=1S/C14H12N4O/c1-9(19)17-14-7-13-11(8-16-14)6-12(18-13)10-2-4-15-5-3-10/h2-8,18H,1H3,(H,16,17,19). The molecule has 0 bridgehead atoms. The molecule has 94 valence electrons. The molecule has 5 heteroatoms. The predicted octanol–water partition coefficient (Wildman–Crippen LogP) is 2.58. The maximum absolute atomic E-state index is 11.0. The first-order valence-electron chi connectivity index (χ1n) is 5.89. The number of nitrogens with one attached hydrogen (secondary N) is 2. The van der Waals surface area contributed by atoms with Crippen LogP contribution >= 0.6 is 0 Å². The molecule has 0 fully saturated rings. The van der Waals surface area contributed by atoms with Gasteiger partial charge in [-0.05, 0) is 18.2 Å². The molecule has 0 unspecified atom stereocenters. The number of aromatic nitrogens is 3. The van der Waals surface area contributed by atoms with Crippen molar-refractivity contribution >= 4 is 22.6 Å². The summed E-state index contributed by atoms with van der Waals surface area (Å²) in [5.74, 6) is 0.413. The Kier molecular flexibility index (Phi) is 2.72. The van der Waals surface area contributed by atoms with Crippen LogP contribution in [0.3, 0.4) is 0 Å². The second-order valence-electron chi connectivity index (χ2n) is 4.26. The average Bonchev–Trinajstić information content (AvgIpc) is 2.82. The number of rotatable bonds is 2. The summed E-state index contributed by atoms with van der Waals surface area (Å²) < 4.78 is 0. The molecule has 0 aromatic carbocycles. The maximum Gasteiger partial charge on any atom is 0.222 e. The van der Waals surface area contributed by atoms with Crippen LogP contribution in [0.15, 0.2) is 42.9 Å². The quantitative estimate of drug-likeness (QED) is 0.736. The van der Waals surface area contributed by atoms with Crippen molar-refractivity contribution in [3.63, 3.8) is 0 Å². The van der Waals surface area contributed by atoms with E-state index in [1.807, 2.05) is 24.3 Å². The lowest BCUT2D eigenvalue weighted by molar-refractivity contribution is -0.114. The largest absolute Gasteiger partial charge is 0.354 e. The molecule has 3 rings (SSSR count). The van der Waals surface area contributed by atoms with Gasteiger partial charge < -0.3 is 10.3 Å². The summed E-state index contributed by atoms with van der Waals surface area (Å²) in [5, 5.41) is 3.67. The van der Waals surface area contributed by atoms with Crippen LogP contribution in [0.5, 0.6) is 0 Å². The molecule has 0 saturated heterocycles. The summed E-state index contributed by atoms with van der Waals surface area (Å²) in [4.78, 5) is 22.5. The molecule has 2 N–H and O–H groups in total. The molecular formula is C14H12N4O. The van der Waals surface area contributed by atoms with Crippen molar-refractivity contribution in [2.24, 2.45) is 0 Å². The van der Waals surface area contributed by atoms with Crippen molar-refractivity contribution in [1.29, 1.82) is 0 Å². The molecule has 3 aromatic heterocycles. The van der Waals surface area contributed by atoms with Gasteiger partial charge in [-0.15, -0.1) is 0 Å².